The summed E-state index contributed by atoms with van der Waals surface area (Å²) in [6, 6.07) is 2.25. The molecule has 0 saturated carbocycles. The number of nitrogens with zero attached hydrogens (tertiary/aromatic N) is 2. The minimum absolute atomic E-state index is 0.0371. The van der Waals surface area contributed by atoms with Crippen molar-refractivity contribution in [2.45, 2.75) is 33.6 Å². The van der Waals surface area contributed by atoms with Gasteiger partial charge >= 0.3 is 0 Å². The molecule has 0 bridgehead atoms. The lowest BCUT2D eigenvalue weighted by atomic mass is 9.92. The van der Waals surface area contributed by atoms with Gasteiger partial charge in [0.2, 0.25) is 5.91 Å². The molecule has 78 valence electrons. The molecule has 0 N–H and O–H groups in total. The Kier molecular flexibility index (Phi) is 3.15. The summed E-state index contributed by atoms with van der Waals surface area (Å²) in [6.45, 7) is 7.69. The third-order valence-corrected chi connectivity index (χ3v) is 2.35. The van der Waals surface area contributed by atoms with Crippen LogP contribution in [-0.4, -0.2) is 23.9 Å². The molecule has 0 aromatic heterocycles. The summed E-state index contributed by atoms with van der Waals surface area (Å²) in [5.41, 5.74) is 0.118. The predicted molar refractivity (Wildman–Crippen MR) is 54.4 cm³/mol. The maximum absolute atomic E-state index is 11.5. The highest BCUT2D eigenvalue weighted by molar-refractivity contribution is 5.77. The molecule has 1 atom stereocenters. The van der Waals surface area contributed by atoms with Gasteiger partial charge in [-0.3, -0.25) is 4.79 Å². The van der Waals surface area contributed by atoms with Crippen LogP contribution in [0.25, 0.3) is 0 Å². The van der Waals surface area contributed by atoms with Crippen LogP contribution in [0.4, 0.5) is 0 Å². The maximum Gasteiger partial charge on any atom is 0.222 e. The Balaban J connectivity index is 2.58. The van der Waals surface area contributed by atoms with Crippen molar-refractivity contribution < 1.29 is 4.79 Å². The number of likely N-dealkylation sites (tertiary alicyclic amines) is 1. The van der Waals surface area contributed by atoms with Gasteiger partial charge in [0.15, 0.2) is 0 Å². The summed E-state index contributed by atoms with van der Waals surface area (Å²) in [5, 5.41) is 8.81. The second kappa shape index (κ2) is 4.00. The summed E-state index contributed by atoms with van der Waals surface area (Å²) < 4.78 is 0. The summed E-state index contributed by atoms with van der Waals surface area (Å²) in [4.78, 5) is 13.4. The summed E-state index contributed by atoms with van der Waals surface area (Å²) in [6.07, 6.45) is 1.27. The molecule has 1 heterocycles. The minimum Gasteiger partial charge on any atom is -0.341 e. The quantitative estimate of drug-likeness (QED) is 0.638. The minimum atomic E-state index is 0.0371. The first-order valence-electron chi connectivity index (χ1n) is 5.10. The largest absolute Gasteiger partial charge is 0.341 e. The monoisotopic (exact) mass is 194 g/mol. The molecule has 3 heteroatoms. The molecule has 3 nitrogen and oxygen atoms in total. The lowest BCUT2D eigenvalue weighted by molar-refractivity contribution is -0.135. The number of amides is 1. The Morgan fingerprint density at radius 3 is 2.71 bits per heavy atom. The first kappa shape index (κ1) is 11.0. The number of nitriles is 1. The van der Waals surface area contributed by atoms with E-state index in [0.717, 1.165) is 13.0 Å². The van der Waals surface area contributed by atoms with Gasteiger partial charge in [0, 0.05) is 19.5 Å². The van der Waals surface area contributed by atoms with Crippen molar-refractivity contribution in [1.82, 2.24) is 4.90 Å². The second-order valence-electron chi connectivity index (χ2n) is 5.20. The average molecular weight is 194 g/mol. The van der Waals surface area contributed by atoms with Crippen LogP contribution in [0.1, 0.15) is 33.6 Å². The fourth-order valence-corrected chi connectivity index (χ4v) is 1.75. The first-order valence-corrected chi connectivity index (χ1v) is 5.10. The number of carbonyl (C=O) groups is 1. The van der Waals surface area contributed by atoms with Crippen molar-refractivity contribution in [1.29, 1.82) is 5.26 Å². The van der Waals surface area contributed by atoms with Crippen LogP contribution in [0.2, 0.25) is 0 Å². The summed E-state index contributed by atoms with van der Waals surface area (Å²) >= 11 is 0. The van der Waals surface area contributed by atoms with E-state index in [-0.39, 0.29) is 17.2 Å². The molecule has 1 amide bonds. The lowest BCUT2D eigenvalue weighted by Gasteiger charge is -2.34. The summed E-state index contributed by atoms with van der Waals surface area (Å²) in [5.74, 6) is 0.237. The number of piperidine rings is 1. The van der Waals surface area contributed by atoms with E-state index in [0.29, 0.717) is 13.0 Å². The van der Waals surface area contributed by atoms with Gasteiger partial charge in [-0.25, -0.2) is 0 Å². The molecule has 1 fully saturated rings. The van der Waals surface area contributed by atoms with Crippen molar-refractivity contribution in [2.24, 2.45) is 11.3 Å². The van der Waals surface area contributed by atoms with Crippen LogP contribution in [0, 0.1) is 22.7 Å². The molecule has 1 unspecified atom stereocenters. The Labute approximate surface area is 85.7 Å². The van der Waals surface area contributed by atoms with Crippen LogP contribution < -0.4 is 0 Å². The molecule has 0 aromatic rings. The van der Waals surface area contributed by atoms with E-state index in [4.69, 9.17) is 5.26 Å². The fourth-order valence-electron chi connectivity index (χ4n) is 1.75. The molecule has 0 aromatic carbocycles. The Bertz CT molecular complexity index is 259. The molecular formula is C11H18N2O. The molecule has 0 radical (unpaired) electrons. The molecule has 1 aliphatic heterocycles. The molecule has 1 aliphatic rings. The average Bonchev–Trinajstić information content (AvgIpc) is 2.06. The van der Waals surface area contributed by atoms with Crippen molar-refractivity contribution in [3.05, 3.63) is 0 Å². The lowest BCUT2D eigenvalue weighted by Crippen LogP contribution is -2.43. The highest BCUT2D eigenvalue weighted by Gasteiger charge is 2.28. The second-order valence-corrected chi connectivity index (χ2v) is 5.20. The van der Waals surface area contributed by atoms with E-state index >= 15 is 0 Å². The maximum atomic E-state index is 11.5. The topological polar surface area (TPSA) is 44.1 Å². The van der Waals surface area contributed by atoms with Gasteiger partial charge in [0.05, 0.1) is 12.0 Å². The zero-order valence-corrected chi connectivity index (χ0v) is 9.21. The van der Waals surface area contributed by atoms with Gasteiger partial charge in [-0.05, 0) is 11.8 Å². The van der Waals surface area contributed by atoms with Crippen molar-refractivity contribution in [2.75, 3.05) is 13.1 Å². The molecular weight excluding hydrogens is 176 g/mol. The summed E-state index contributed by atoms with van der Waals surface area (Å²) in [7, 11) is 0. The third-order valence-electron chi connectivity index (χ3n) is 2.35. The van der Waals surface area contributed by atoms with Gasteiger partial charge < -0.3 is 4.90 Å². The Morgan fingerprint density at radius 2 is 2.21 bits per heavy atom. The normalized spacial score (nSPS) is 23.4. The highest BCUT2D eigenvalue weighted by atomic mass is 16.2. The van der Waals surface area contributed by atoms with Gasteiger partial charge in [-0.1, -0.05) is 20.8 Å². The molecule has 0 spiro atoms. The highest BCUT2D eigenvalue weighted by Crippen LogP contribution is 2.22. The van der Waals surface area contributed by atoms with Gasteiger partial charge in [-0.2, -0.15) is 5.26 Å². The zero-order chi connectivity index (χ0) is 10.8. The standard InChI is InChI=1S/C11H18N2O/c1-11(2,3)8-13-7-9(6-12)4-5-10(13)14/h9H,4-5,7-8H2,1-3H3. The van der Waals surface area contributed by atoms with E-state index in [2.05, 4.69) is 26.8 Å². The first-order chi connectivity index (χ1) is 6.42. The van der Waals surface area contributed by atoms with Crippen LogP contribution in [0.3, 0.4) is 0 Å². The van der Waals surface area contributed by atoms with Crippen LogP contribution in [-0.2, 0) is 4.79 Å². The number of hydrogen-bond acceptors (Lipinski definition) is 2. The van der Waals surface area contributed by atoms with Crippen molar-refractivity contribution in [3.63, 3.8) is 0 Å². The number of hydrogen-bond donors (Lipinski definition) is 0. The van der Waals surface area contributed by atoms with E-state index in [9.17, 15) is 4.79 Å². The van der Waals surface area contributed by atoms with Gasteiger partial charge in [-0.15, -0.1) is 0 Å². The van der Waals surface area contributed by atoms with E-state index in [1.165, 1.54) is 0 Å². The smallest absolute Gasteiger partial charge is 0.222 e. The number of carbonyl (C=O) groups excluding carboxylic acids is 1. The van der Waals surface area contributed by atoms with Crippen molar-refractivity contribution in [3.8, 4) is 6.07 Å². The molecule has 14 heavy (non-hydrogen) atoms. The molecule has 0 aliphatic carbocycles. The van der Waals surface area contributed by atoms with Gasteiger partial charge in [0.25, 0.3) is 0 Å². The molecule has 1 saturated heterocycles. The Morgan fingerprint density at radius 1 is 1.57 bits per heavy atom. The zero-order valence-electron chi connectivity index (χ0n) is 9.21. The van der Waals surface area contributed by atoms with Crippen molar-refractivity contribution >= 4 is 5.91 Å². The third kappa shape index (κ3) is 3.02. The molecule has 1 rings (SSSR count). The van der Waals surface area contributed by atoms with Gasteiger partial charge in [0.1, 0.15) is 0 Å². The predicted octanol–water partition coefficient (Wildman–Crippen LogP) is 1.79. The van der Waals surface area contributed by atoms with E-state index < -0.39 is 0 Å². The van der Waals surface area contributed by atoms with E-state index in [1.807, 2.05) is 4.90 Å². The number of rotatable bonds is 1. The Hall–Kier alpha value is -1.04. The van der Waals surface area contributed by atoms with Crippen LogP contribution in [0.5, 0.6) is 0 Å². The SMILES string of the molecule is CC(C)(C)CN1CC(C#N)CCC1=O. The fraction of sp³-hybridized carbons (Fsp3) is 0.818. The van der Waals surface area contributed by atoms with E-state index in [1.54, 1.807) is 0 Å². The van der Waals surface area contributed by atoms with Crippen LogP contribution in [0.15, 0.2) is 0 Å². The van der Waals surface area contributed by atoms with Crippen LogP contribution >= 0.6 is 0 Å².